The predicted octanol–water partition coefficient (Wildman–Crippen LogP) is -0.0608. The summed E-state index contributed by atoms with van der Waals surface area (Å²) in [6, 6.07) is 5.22. The number of carbonyl (C=O) groups excluding carboxylic acids is 1. The molecule has 0 saturated carbocycles. The Morgan fingerprint density at radius 2 is 2.00 bits per heavy atom. The first kappa shape index (κ1) is 19.7. The molecular formula is C20H25N5O4. The number of carbonyl (C=O) groups is 1. The van der Waals surface area contributed by atoms with E-state index in [2.05, 4.69) is 14.9 Å². The summed E-state index contributed by atoms with van der Waals surface area (Å²) < 4.78 is 12.9. The number of morpholine rings is 2. The number of pyridine rings is 1. The lowest BCUT2D eigenvalue weighted by atomic mass is 9.98. The van der Waals surface area contributed by atoms with Crippen LogP contribution >= 0.6 is 0 Å². The highest BCUT2D eigenvalue weighted by Gasteiger charge is 2.37. The van der Waals surface area contributed by atoms with Gasteiger partial charge in [0, 0.05) is 51.0 Å². The molecule has 4 heterocycles. The van der Waals surface area contributed by atoms with Gasteiger partial charge in [-0.2, -0.15) is 0 Å². The molecule has 2 aromatic heterocycles. The summed E-state index contributed by atoms with van der Waals surface area (Å²) >= 11 is 0. The Morgan fingerprint density at radius 3 is 2.76 bits per heavy atom. The Labute approximate surface area is 168 Å². The van der Waals surface area contributed by atoms with E-state index in [0.29, 0.717) is 32.9 Å². The maximum Gasteiger partial charge on any atom is 0.347 e. The second-order valence-electron chi connectivity index (χ2n) is 7.17. The third-order valence-corrected chi connectivity index (χ3v) is 5.33. The topological polar surface area (TPSA) is 89.8 Å². The minimum absolute atomic E-state index is 0.0479. The van der Waals surface area contributed by atoms with Gasteiger partial charge in [-0.25, -0.2) is 9.78 Å². The number of amides is 1. The van der Waals surface area contributed by atoms with Crippen LogP contribution in [0, 0.1) is 0 Å². The van der Waals surface area contributed by atoms with Crippen molar-refractivity contribution < 1.29 is 14.3 Å². The number of hydrogen-bond acceptors (Lipinski definition) is 7. The van der Waals surface area contributed by atoms with Gasteiger partial charge in [-0.15, -0.1) is 0 Å². The number of nitrogens with zero attached hydrogens (tertiary/aromatic N) is 5. The van der Waals surface area contributed by atoms with Crippen LogP contribution in [-0.4, -0.2) is 82.3 Å². The van der Waals surface area contributed by atoms with Crippen molar-refractivity contribution in [3.63, 3.8) is 0 Å². The number of aromatic nitrogens is 3. The molecule has 9 heteroatoms. The summed E-state index contributed by atoms with van der Waals surface area (Å²) in [5.41, 5.74) is 0.495. The van der Waals surface area contributed by atoms with E-state index in [1.54, 1.807) is 24.7 Å². The minimum atomic E-state index is -0.433. The SMILES string of the molecule is O=C(Cn1cccnc1=O)N1CCO[C@@H](CN2CCOCC2)[C@@H]1c1cccnc1. The van der Waals surface area contributed by atoms with Crippen LogP contribution in [0.15, 0.2) is 47.8 Å². The first-order chi connectivity index (χ1) is 14.2. The molecule has 0 radical (unpaired) electrons. The predicted molar refractivity (Wildman–Crippen MR) is 104 cm³/mol. The van der Waals surface area contributed by atoms with Gasteiger partial charge < -0.3 is 14.4 Å². The zero-order valence-electron chi connectivity index (χ0n) is 16.2. The van der Waals surface area contributed by atoms with E-state index >= 15 is 0 Å². The van der Waals surface area contributed by atoms with Crippen LogP contribution in [0.3, 0.4) is 0 Å². The molecule has 0 aromatic carbocycles. The summed E-state index contributed by atoms with van der Waals surface area (Å²) in [4.78, 5) is 37.2. The zero-order chi connectivity index (χ0) is 20.1. The molecule has 1 amide bonds. The van der Waals surface area contributed by atoms with Crippen molar-refractivity contribution in [1.29, 1.82) is 0 Å². The van der Waals surface area contributed by atoms with Crippen LogP contribution in [0.4, 0.5) is 0 Å². The monoisotopic (exact) mass is 399 g/mol. The molecule has 0 bridgehead atoms. The molecule has 2 aliphatic heterocycles. The molecular weight excluding hydrogens is 374 g/mol. The van der Waals surface area contributed by atoms with E-state index in [4.69, 9.17) is 9.47 Å². The van der Waals surface area contributed by atoms with Gasteiger partial charge in [-0.05, 0) is 17.7 Å². The average Bonchev–Trinajstić information content (AvgIpc) is 2.76. The molecule has 9 nitrogen and oxygen atoms in total. The fraction of sp³-hybridized carbons (Fsp3) is 0.500. The molecule has 2 fully saturated rings. The normalized spacial score (nSPS) is 23.1. The minimum Gasteiger partial charge on any atom is -0.379 e. The zero-order valence-corrected chi connectivity index (χ0v) is 16.2. The Kier molecular flexibility index (Phi) is 6.28. The van der Waals surface area contributed by atoms with Crippen molar-refractivity contribution in [2.24, 2.45) is 0 Å². The van der Waals surface area contributed by atoms with Crippen LogP contribution in [0.25, 0.3) is 0 Å². The van der Waals surface area contributed by atoms with Crippen molar-refractivity contribution in [2.75, 3.05) is 46.0 Å². The van der Waals surface area contributed by atoms with Crippen LogP contribution in [0.5, 0.6) is 0 Å². The Morgan fingerprint density at radius 1 is 1.14 bits per heavy atom. The summed E-state index contributed by atoms with van der Waals surface area (Å²) in [5, 5.41) is 0. The van der Waals surface area contributed by atoms with E-state index in [0.717, 1.165) is 18.7 Å². The summed E-state index contributed by atoms with van der Waals surface area (Å²) in [7, 11) is 0. The number of rotatable bonds is 5. The lowest BCUT2D eigenvalue weighted by Crippen LogP contribution is -2.54. The highest BCUT2D eigenvalue weighted by atomic mass is 16.5. The largest absolute Gasteiger partial charge is 0.379 e. The van der Waals surface area contributed by atoms with Crippen molar-refractivity contribution in [3.05, 3.63) is 59.0 Å². The fourth-order valence-corrected chi connectivity index (χ4v) is 3.89. The first-order valence-electron chi connectivity index (χ1n) is 9.85. The third kappa shape index (κ3) is 4.69. The maximum atomic E-state index is 13.2. The fourth-order valence-electron chi connectivity index (χ4n) is 3.89. The molecule has 29 heavy (non-hydrogen) atoms. The summed E-state index contributed by atoms with van der Waals surface area (Å²) in [5.74, 6) is -0.135. The Bertz CT molecular complexity index is 868. The van der Waals surface area contributed by atoms with Gasteiger partial charge in [-0.3, -0.25) is 19.2 Å². The van der Waals surface area contributed by atoms with Crippen molar-refractivity contribution in [2.45, 2.75) is 18.7 Å². The Balaban J connectivity index is 1.57. The van der Waals surface area contributed by atoms with Gasteiger partial charge >= 0.3 is 5.69 Å². The number of ether oxygens (including phenoxy) is 2. The molecule has 2 saturated heterocycles. The molecule has 0 aliphatic carbocycles. The van der Waals surface area contributed by atoms with Crippen molar-refractivity contribution in [3.8, 4) is 0 Å². The van der Waals surface area contributed by atoms with E-state index in [1.165, 1.54) is 10.8 Å². The van der Waals surface area contributed by atoms with E-state index in [-0.39, 0.29) is 24.6 Å². The highest BCUT2D eigenvalue weighted by molar-refractivity contribution is 5.76. The van der Waals surface area contributed by atoms with Gasteiger partial charge in [-0.1, -0.05) is 6.07 Å². The first-order valence-corrected chi connectivity index (χ1v) is 9.85. The molecule has 154 valence electrons. The van der Waals surface area contributed by atoms with Gasteiger partial charge in [0.25, 0.3) is 0 Å². The summed E-state index contributed by atoms with van der Waals surface area (Å²) in [6.07, 6.45) is 6.32. The molecule has 0 spiro atoms. The van der Waals surface area contributed by atoms with Gasteiger partial charge in [0.1, 0.15) is 6.54 Å². The summed E-state index contributed by atoms with van der Waals surface area (Å²) in [6.45, 7) is 4.69. The van der Waals surface area contributed by atoms with Gasteiger partial charge in [0.15, 0.2) is 0 Å². The lowest BCUT2D eigenvalue weighted by molar-refractivity contribution is -0.150. The van der Waals surface area contributed by atoms with E-state index in [9.17, 15) is 9.59 Å². The molecule has 0 N–H and O–H groups in total. The molecule has 2 aliphatic rings. The molecule has 4 rings (SSSR count). The molecule has 2 atom stereocenters. The average molecular weight is 399 g/mol. The van der Waals surface area contributed by atoms with Crippen LogP contribution < -0.4 is 5.69 Å². The van der Waals surface area contributed by atoms with E-state index in [1.807, 2.05) is 17.0 Å². The maximum absolute atomic E-state index is 13.2. The van der Waals surface area contributed by atoms with Gasteiger partial charge in [0.2, 0.25) is 5.91 Å². The van der Waals surface area contributed by atoms with E-state index < -0.39 is 5.69 Å². The standard InChI is InChI=1S/C20H25N5O4/c26-18(15-24-6-2-5-22-20(24)27)25-9-12-29-17(14-23-7-10-28-11-8-23)19(25)16-3-1-4-21-13-16/h1-6,13,17,19H,7-12,14-15H2/t17-,19-/m0/s1. The molecule has 2 aromatic rings. The second-order valence-corrected chi connectivity index (χ2v) is 7.17. The van der Waals surface area contributed by atoms with Crippen molar-refractivity contribution >= 4 is 5.91 Å². The second kappa shape index (κ2) is 9.25. The van der Waals surface area contributed by atoms with Crippen molar-refractivity contribution in [1.82, 2.24) is 24.3 Å². The highest BCUT2D eigenvalue weighted by Crippen LogP contribution is 2.30. The quantitative estimate of drug-likeness (QED) is 0.696. The smallest absolute Gasteiger partial charge is 0.347 e. The van der Waals surface area contributed by atoms with Crippen LogP contribution in [0.1, 0.15) is 11.6 Å². The Hall–Kier alpha value is -2.62. The lowest BCUT2D eigenvalue weighted by Gasteiger charge is -2.43. The van der Waals surface area contributed by atoms with Crippen LogP contribution in [-0.2, 0) is 20.8 Å². The van der Waals surface area contributed by atoms with Gasteiger partial charge in [0.05, 0.1) is 32.0 Å². The molecule has 0 unspecified atom stereocenters. The third-order valence-electron chi connectivity index (χ3n) is 5.33. The van der Waals surface area contributed by atoms with Crippen LogP contribution in [0.2, 0.25) is 0 Å². The number of hydrogen-bond donors (Lipinski definition) is 0.